The molecule has 1 aliphatic rings. The van der Waals surface area contributed by atoms with Gasteiger partial charge >= 0.3 is 0 Å². The van der Waals surface area contributed by atoms with Gasteiger partial charge in [0, 0.05) is 36.5 Å². The fourth-order valence-electron chi connectivity index (χ4n) is 4.09. The van der Waals surface area contributed by atoms with Gasteiger partial charge in [-0.3, -0.25) is 14.2 Å². The highest BCUT2D eigenvalue weighted by molar-refractivity contribution is 6.34. The van der Waals surface area contributed by atoms with Gasteiger partial charge in [0.2, 0.25) is 0 Å². The highest BCUT2D eigenvalue weighted by Gasteiger charge is 2.23. The molecule has 0 spiro atoms. The van der Waals surface area contributed by atoms with E-state index in [0.29, 0.717) is 40.6 Å². The second-order valence-electron chi connectivity index (χ2n) is 8.16. The molecule has 2 N–H and O–H groups in total. The second kappa shape index (κ2) is 8.66. The van der Waals surface area contributed by atoms with E-state index >= 15 is 0 Å². The van der Waals surface area contributed by atoms with Crippen LogP contribution in [0.3, 0.4) is 0 Å². The van der Waals surface area contributed by atoms with E-state index in [2.05, 4.69) is 16.0 Å². The SMILES string of the molecule is N#Cc1ccc(-c2cnc3cnc(-c4ccc(C(=O)N5CCC(N)CC5)c(Cl)c4)cn23)cc1. The topological polar surface area (TPSA) is 100 Å². The number of amides is 1. The van der Waals surface area contributed by atoms with Crippen LogP contribution in [-0.4, -0.2) is 44.3 Å². The van der Waals surface area contributed by atoms with Crippen molar-refractivity contribution in [2.45, 2.75) is 18.9 Å². The standard InChI is InChI=1S/C25H21ClN6O/c26-21-11-18(5-6-20(21)25(33)31-9-7-19(28)8-10-31)22-15-32-23(13-30-24(32)14-29-22)17-3-1-16(12-27)2-4-17/h1-6,11,13-15,19H,7-10,28H2. The first kappa shape index (κ1) is 21.1. The number of imidazole rings is 1. The van der Waals surface area contributed by atoms with Gasteiger partial charge in [-0.15, -0.1) is 0 Å². The first-order valence-corrected chi connectivity index (χ1v) is 11.1. The fourth-order valence-corrected chi connectivity index (χ4v) is 4.35. The Morgan fingerprint density at radius 3 is 2.48 bits per heavy atom. The number of aromatic nitrogens is 3. The van der Waals surface area contributed by atoms with Crippen LogP contribution in [0.15, 0.2) is 61.1 Å². The number of rotatable bonds is 3. The van der Waals surface area contributed by atoms with Crippen LogP contribution in [0.2, 0.25) is 5.02 Å². The van der Waals surface area contributed by atoms with Crippen molar-refractivity contribution in [3.63, 3.8) is 0 Å². The van der Waals surface area contributed by atoms with E-state index in [1.807, 2.05) is 33.7 Å². The molecule has 0 bridgehead atoms. The van der Waals surface area contributed by atoms with Gasteiger partial charge in [-0.1, -0.05) is 29.8 Å². The number of nitriles is 1. The Hall–Kier alpha value is -3.73. The number of piperidine rings is 1. The number of hydrogen-bond donors (Lipinski definition) is 1. The molecule has 1 fully saturated rings. The fraction of sp³-hybridized carbons (Fsp3) is 0.200. The lowest BCUT2D eigenvalue weighted by Crippen LogP contribution is -2.42. The molecule has 4 aromatic rings. The highest BCUT2D eigenvalue weighted by atomic mass is 35.5. The summed E-state index contributed by atoms with van der Waals surface area (Å²) in [5.74, 6) is -0.0698. The number of halogens is 1. The number of hydrogen-bond acceptors (Lipinski definition) is 5. The Morgan fingerprint density at radius 1 is 1.06 bits per heavy atom. The van der Waals surface area contributed by atoms with Crippen LogP contribution < -0.4 is 5.73 Å². The van der Waals surface area contributed by atoms with E-state index < -0.39 is 0 Å². The van der Waals surface area contributed by atoms with E-state index in [-0.39, 0.29) is 11.9 Å². The predicted molar refractivity (Wildman–Crippen MR) is 127 cm³/mol. The monoisotopic (exact) mass is 456 g/mol. The molecule has 7 nitrogen and oxygen atoms in total. The van der Waals surface area contributed by atoms with Crippen molar-refractivity contribution < 1.29 is 4.79 Å². The van der Waals surface area contributed by atoms with Gasteiger partial charge in [-0.05, 0) is 37.1 Å². The van der Waals surface area contributed by atoms with Gasteiger partial charge in [-0.2, -0.15) is 5.26 Å². The second-order valence-corrected chi connectivity index (χ2v) is 8.56. The number of carbonyl (C=O) groups excluding carboxylic acids is 1. The zero-order valence-electron chi connectivity index (χ0n) is 17.8. The van der Waals surface area contributed by atoms with Gasteiger partial charge in [0.25, 0.3) is 5.91 Å². The minimum atomic E-state index is -0.0698. The summed E-state index contributed by atoms with van der Waals surface area (Å²) in [6.07, 6.45) is 6.98. The molecule has 2 aromatic heterocycles. The zero-order valence-corrected chi connectivity index (χ0v) is 18.5. The van der Waals surface area contributed by atoms with Crippen molar-refractivity contribution in [2.75, 3.05) is 13.1 Å². The predicted octanol–water partition coefficient (Wildman–Crippen LogP) is 4.15. The van der Waals surface area contributed by atoms with Crippen LogP contribution in [-0.2, 0) is 0 Å². The maximum absolute atomic E-state index is 12.9. The summed E-state index contributed by atoms with van der Waals surface area (Å²) < 4.78 is 1.95. The van der Waals surface area contributed by atoms with Crippen LogP contribution >= 0.6 is 11.6 Å². The van der Waals surface area contributed by atoms with E-state index in [1.165, 1.54) is 0 Å². The molecule has 0 unspecified atom stereocenters. The van der Waals surface area contributed by atoms with Gasteiger partial charge in [0.1, 0.15) is 0 Å². The van der Waals surface area contributed by atoms with E-state index in [4.69, 9.17) is 22.6 Å². The van der Waals surface area contributed by atoms with Crippen LogP contribution in [0.5, 0.6) is 0 Å². The molecule has 0 radical (unpaired) electrons. The van der Waals surface area contributed by atoms with Crippen molar-refractivity contribution in [1.29, 1.82) is 5.26 Å². The first-order chi connectivity index (χ1) is 16.0. The first-order valence-electron chi connectivity index (χ1n) is 10.7. The van der Waals surface area contributed by atoms with E-state index in [1.54, 1.807) is 36.7 Å². The summed E-state index contributed by atoms with van der Waals surface area (Å²) in [6.45, 7) is 1.30. The molecule has 0 saturated carbocycles. The number of carbonyl (C=O) groups is 1. The molecule has 0 aliphatic carbocycles. The summed E-state index contributed by atoms with van der Waals surface area (Å²) in [5, 5.41) is 9.43. The Bertz CT molecular complexity index is 1380. The minimum Gasteiger partial charge on any atom is -0.338 e. The van der Waals surface area contributed by atoms with Crippen molar-refractivity contribution >= 4 is 23.2 Å². The Kier molecular flexibility index (Phi) is 5.55. The number of likely N-dealkylation sites (tertiary alicyclic amines) is 1. The molecule has 164 valence electrons. The van der Waals surface area contributed by atoms with Crippen molar-refractivity contribution in [3.05, 3.63) is 77.2 Å². The lowest BCUT2D eigenvalue weighted by molar-refractivity contribution is 0.0715. The van der Waals surface area contributed by atoms with Crippen molar-refractivity contribution in [2.24, 2.45) is 5.73 Å². The maximum Gasteiger partial charge on any atom is 0.255 e. The number of fused-ring (bicyclic) bond motifs is 1. The zero-order chi connectivity index (χ0) is 22.9. The molecular weight excluding hydrogens is 436 g/mol. The average Bonchev–Trinajstić information content (AvgIpc) is 3.27. The Morgan fingerprint density at radius 2 is 1.79 bits per heavy atom. The average molecular weight is 457 g/mol. The van der Waals surface area contributed by atoms with E-state index in [0.717, 1.165) is 29.7 Å². The molecule has 8 heteroatoms. The molecule has 1 amide bonds. The molecule has 3 heterocycles. The minimum absolute atomic E-state index is 0.0698. The van der Waals surface area contributed by atoms with Gasteiger partial charge in [0.15, 0.2) is 5.65 Å². The lowest BCUT2D eigenvalue weighted by Gasteiger charge is -2.30. The van der Waals surface area contributed by atoms with Gasteiger partial charge in [-0.25, -0.2) is 4.98 Å². The molecule has 5 rings (SSSR count). The Labute approximate surface area is 196 Å². The third-order valence-electron chi connectivity index (χ3n) is 6.03. The number of nitrogens with zero attached hydrogens (tertiary/aromatic N) is 5. The van der Waals surface area contributed by atoms with Gasteiger partial charge in [0.05, 0.1) is 46.0 Å². The normalized spacial score (nSPS) is 14.4. The summed E-state index contributed by atoms with van der Waals surface area (Å²) in [5.41, 5.74) is 11.1. The molecule has 1 saturated heterocycles. The Balaban J connectivity index is 1.46. The largest absolute Gasteiger partial charge is 0.338 e. The maximum atomic E-state index is 12.9. The number of nitrogens with two attached hydrogens (primary N) is 1. The van der Waals surface area contributed by atoms with Crippen LogP contribution in [0.1, 0.15) is 28.8 Å². The molecular formula is C25H21ClN6O. The highest BCUT2D eigenvalue weighted by Crippen LogP contribution is 2.28. The van der Waals surface area contributed by atoms with Crippen LogP contribution in [0.25, 0.3) is 28.2 Å². The summed E-state index contributed by atoms with van der Waals surface area (Å²) in [7, 11) is 0. The molecule has 0 atom stereocenters. The van der Waals surface area contributed by atoms with Crippen LogP contribution in [0, 0.1) is 11.3 Å². The quantitative estimate of drug-likeness (QED) is 0.499. The third kappa shape index (κ3) is 4.07. The van der Waals surface area contributed by atoms with Crippen molar-refractivity contribution in [3.8, 4) is 28.6 Å². The van der Waals surface area contributed by atoms with Crippen LogP contribution in [0.4, 0.5) is 0 Å². The summed E-state index contributed by atoms with van der Waals surface area (Å²) in [6, 6.07) is 15.0. The molecule has 2 aromatic carbocycles. The molecule has 33 heavy (non-hydrogen) atoms. The summed E-state index contributed by atoms with van der Waals surface area (Å²) >= 11 is 6.53. The van der Waals surface area contributed by atoms with E-state index in [9.17, 15) is 4.79 Å². The smallest absolute Gasteiger partial charge is 0.255 e. The summed E-state index contributed by atoms with van der Waals surface area (Å²) in [4.78, 5) is 23.7. The lowest BCUT2D eigenvalue weighted by atomic mass is 10.0. The number of benzene rings is 2. The van der Waals surface area contributed by atoms with Gasteiger partial charge < -0.3 is 10.6 Å². The molecule has 1 aliphatic heterocycles. The third-order valence-corrected chi connectivity index (χ3v) is 6.34. The van der Waals surface area contributed by atoms with Crippen molar-refractivity contribution in [1.82, 2.24) is 19.3 Å².